The van der Waals surface area contributed by atoms with Crippen molar-refractivity contribution in [2.45, 2.75) is 37.0 Å². The summed E-state index contributed by atoms with van der Waals surface area (Å²) in [7, 11) is 3.24. The summed E-state index contributed by atoms with van der Waals surface area (Å²) in [5.74, 6) is 0.0832. The van der Waals surface area contributed by atoms with Gasteiger partial charge in [0.2, 0.25) is 11.8 Å². The summed E-state index contributed by atoms with van der Waals surface area (Å²) < 4.78 is 0. The number of imide groups is 1. The van der Waals surface area contributed by atoms with Gasteiger partial charge in [0.05, 0.1) is 29.4 Å². The molecule has 8 nitrogen and oxygen atoms in total. The predicted octanol–water partition coefficient (Wildman–Crippen LogP) is 0.800. The topological polar surface area (TPSA) is 93.8 Å². The first-order valence-electron chi connectivity index (χ1n) is 10.4. The lowest BCUT2D eigenvalue weighted by Crippen LogP contribution is -2.74. The number of fused-ring (bicyclic) bond motifs is 1. The third-order valence-corrected chi connectivity index (χ3v) is 7.27. The number of nitrogens with zero attached hydrogens (tertiary/aromatic N) is 2. The van der Waals surface area contributed by atoms with E-state index in [0.717, 1.165) is 19.3 Å². The summed E-state index contributed by atoms with van der Waals surface area (Å²) in [6, 6.07) is 9.74. The van der Waals surface area contributed by atoms with Crippen LogP contribution < -0.4 is 16.0 Å². The first-order chi connectivity index (χ1) is 14.5. The van der Waals surface area contributed by atoms with E-state index >= 15 is 0 Å². The van der Waals surface area contributed by atoms with Crippen LogP contribution in [0.5, 0.6) is 0 Å². The molecule has 1 aromatic carbocycles. The quantitative estimate of drug-likeness (QED) is 0.591. The van der Waals surface area contributed by atoms with Crippen LogP contribution in [0.25, 0.3) is 0 Å². The predicted molar refractivity (Wildman–Crippen MR) is 115 cm³/mol. The minimum Gasteiger partial charge on any atom is -0.355 e. The number of hydrogen-bond acceptors (Lipinski definition) is 6. The number of benzene rings is 1. The van der Waals surface area contributed by atoms with Gasteiger partial charge in [-0.15, -0.1) is 11.8 Å². The molecule has 4 amide bonds. The Morgan fingerprint density at radius 2 is 1.90 bits per heavy atom. The standard InChI is InChI=1S/C21H29N5O3S/c1-25-18-16(20(28)26(2)21(25)29)19(24-17(23-18)14-8-9-14)30-12-15(27)22-11-10-13-6-4-3-5-7-13/h3-7,14,16-19,23-24H,8-12H2,1-2H3,(H,22,27). The average Bonchev–Trinajstić information content (AvgIpc) is 3.60. The second-order valence-electron chi connectivity index (χ2n) is 8.23. The van der Waals surface area contributed by atoms with Crippen LogP contribution in [0.1, 0.15) is 18.4 Å². The summed E-state index contributed by atoms with van der Waals surface area (Å²) in [4.78, 5) is 40.4. The summed E-state index contributed by atoms with van der Waals surface area (Å²) in [6.45, 7) is 0.582. The van der Waals surface area contributed by atoms with Crippen LogP contribution in [-0.4, -0.2) is 71.7 Å². The Balaban J connectivity index is 1.35. The third-order valence-electron chi connectivity index (χ3n) is 6.05. The number of hydrogen-bond donors (Lipinski definition) is 3. The molecule has 2 aliphatic heterocycles. The highest BCUT2D eigenvalue weighted by Crippen LogP contribution is 2.38. The van der Waals surface area contributed by atoms with Crippen molar-refractivity contribution in [1.29, 1.82) is 0 Å². The van der Waals surface area contributed by atoms with Crippen LogP contribution in [0, 0.1) is 11.8 Å². The molecule has 1 aliphatic carbocycles. The molecule has 9 heteroatoms. The Kier molecular flexibility index (Phi) is 6.31. The van der Waals surface area contributed by atoms with E-state index in [2.05, 4.69) is 16.0 Å². The number of amides is 4. The number of carbonyl (C=O) groups excluding carboxylic acids is 3. The van der Waals surface area contributed by atoms with E-state index in [-0.39, 0.29) is 41.3 Å². The molecule has 1 saturated carbocycles. The monoisotopic (exact) mass is 431 g/mol. The highest BCUT2D eigenvalue weighted by molar-refractivity contribution is 8.00. The summed E-state index contributed by atoms with van der Waals surface area (Å²) in [5, 5.41) is 9.71. The molecule has 0 aromatic heterocycles. The number of thioether (sulfide) groups is 1. The molecule has 0 bridgehead atoms. The molecular formula is C21H29N5O3S. The van der Waals surface area contributed by atoms with Gasteiger partial charge in [0.1, 0.15) is 0 Å². The van der Waals surface area contributed by atoms with Crippen molar-refractivity contribution in [3.63, 3.8) is 0 Å². The highest BCUT2D eigenvalue weighted by Gasteiger charge is 2.52. The van der Waals surface area contributed by atoms with Crippen LogP contribution in [0.15, 0.2) is 30.3 Å². The van der Waals surface area contributed by atoms with Crippen LogP contribution >= 0.6 is 11.8 Å². The first-order valence-corrected chi connectivity index (χ1v) is 11.5. The largest absolute Gasteiger partial charge is 0.355 e. The van der Waals surface area contributed by atoms with E-state index in [9.17, 15) is 14.4 Å². The fraction of sp³-hybridized carbons (Fsp3) is 0.571. The van der Waals surface area contributed by atoms with Crippen LogP contribution in [0.2, 0.25) is 0 Å². The van der Waals surface area contributed by atoms with E-state index in [4.69, 9.17) is 0 Å². The maximum atomic E-state index is 12.9. The van der Waals surface area contributed by atoms with Crippen molar-refractivity contribution in [2.75, 3.05) is 26.4 Å². The van der Waals surface area contributed by atoms with Crippen molar-refractivity contribution in [3.8, 4) is 0 Å². The summed E-state index contributed by atoms with van der Waals surface area (Å²) in [5.41, 5.74) is 1.18. The Labute approximate surface area is 181 Å². The fourth-order valence-corrected chi connectivity index (χ4v) is 5.28. The van der Waals surface area contributed by atoms with Gasteiger partial charge in [0, 0.05) is 20.6 Å². The van der Waals surface area contributed by atoms with E-state index in [1.54, 1.807) is 11.9 Å². The summed E-state index contributed by atoms with van der Waals surface area (Å²) >= 11 is 1.45. The molecule has 4 atom stereocenters. The van der Waals surface area contributed by atoms with E-state index in [1.807, 2.05) is 30.3 Å². The van der Waals surface area contributed by atoms with Gasteiger partial charge in [0.25, 0.3) is 0 Å². The second kappa shape index (κ2) is 8.95. The van der Waals surface area contributed by atoms with E-state index in [0.29, 0.717) is 12.5 Å². The highest BCUT2D eigenvalue weighted by atomic mass is 32.2. The maximum Gasteiger partial charge on any atom is 0.327 e. The Morgan fingerprint density at radius 3 is 2.60 bits per heavy atom. The molecule has 162 valence electrons. The van der Waals surface area contributed by atoms with Gasteiger partial charge in [-0.3, -0.25) is 25.1 Å². The molecule has 0 radical (unpaired) electrons. The minimum atomic E-state index is -0.435. The molecule has 0 spiro atoms. The molecular weight excluding hydrogens is 402 g/mol. The average molecular weight is 432 g/mol. The van der Waals surface area contributed by atoms with Crippen molar-refractivity contribution in [2.24, 2.45) is 11.8 Å². The minimum absolute atomic E-state index is 0.0446. The lowest BCUT2D eigenvalue weighted by atomic mass is 9.96. The SMILES string of the molecule is CN1C(=O)C2C(SCC(=O)NCCc3ccccc3)NC(C3CC3)NC2N(C)C1=O. The van der Waals surface area contributed by atoms with Gasteiger partial charge in [-0.05, 0) is 30.7 Å². The van der Waals surface area contributed by atoms with Gasteiger partial charge < -0.3 is 10.2 Å². The molecule has 3 fully saturated rings. The molecule has 30 heavy (non-hydrogen) atoms. The number of rotatable bonds is 7. The van der Waals surface area contributed by atoms with Crippen LogP contribution in [0.4, 0.5) is 4.79 Å². The lowest BCUT2D eigenvalue weighted by Gasteiger charge is -2.50. The number of nitrogens with one attached hydrogen (secondary N) is 3. The molecule has 1 aromatic rings. The molecule has 2 heterocycles. The molecule has 4 rings (SSSR count). The molecule has 2 saturated heterocycles. The van der Waals surface area contributed by atoms with Gasteiger partial charge in [-0.25, -0.2) is 4.79 Å². The second-order valence-corrected chi connectivity index (χ2v) is 9.36. The maximum absolute atomic E-state index is 12.9. The smallest absolute Gasteiger partial charge is 0.327 e. The van der Waals surface area contributed by atoms with Crippen LogP contribution in [0.3, 0.4) is 0 Å². The molecule has 3 N–H and O–H groups in total. The van der Waals surface area contributed by atoms with E-state index < -0.39 is 5.92 Å². The van der Waals surface area contributed by atoms with Gasteiger partial charge in [-0.2, -0.15) is 0 Å². The van der Waals surface area contributed by atoms with Gasteiger partial charge in [-0.1, -0.05) is 30.3 Å². The zero-order valence-electron chi connectivity index (χ0n) is 17.3. The Morgan fingerprint density at radius 1 is 1.17 bits per heavy atom. The first kappa shape index (κ1) is 21.1. The zero-order valence-corrected chi connectivity index (χ0v) is 18.2. The molecule has 3 aliphatic rings. The normalized spacial score (nSPS) is 29.0. The lowest BCUT2D eigenvalue weighted by molar-refractivity contribution is -0.140. The Bertz CT molecular complexity index is 803. The molecule has 4 unspecified atom stereocenters. The van der Waals surface area contributed by atoms with Crippen molar-refractivity contribution in [3.05, 3.63) is 35.9 Å². The third kappa shape index (κ3) is 4.48. The zero-order chi connectivity index (χ0) is 21.3. The van der Waals surface area contributed by atoms with Gasteiger partial charge >= 0.3 is 6.03 Å². The fourth-order valence-electron chi connectivity index (χ4n) is 4.13. The van der Waals surface area contributed by atoms with Gasteiger partial charge in [0.15, 0.2) is 0 Å². The van der Waals surface area contributed by atoms with E-state index in [1.165, 1.54) is 29.3 Å². The number of urea groups is 1. The Hall–Kier alpha value is -2.10. The van der Waals surface area contributed by atoms with Crippen molar-refractivity contribution < 1.29 is 14.4 Å². The van der Waals surface area contributed by atoms with Crippen LogP contribution in [-0.2, 0) is 16.0 Å². The summed E-state index contributed by atoms with van der Waals surface area (Å²) in [6.07, 6.45) is 2.74. The number of carbonyl (C=O) groups is 3. The van der Waals surface area contributed by atoms with Crippen molar-refractivity contribution >= 4 is 29.6 Å². The van der Waals surface area contributed by atoms with Crippen molar-refractivity contribution in [1.82, 2.24) is 25.8 Å².